The summed E-state index contributed by atoms with van der Waals surface area (Å²) in [6, 6.07) is 8.85. The molecule has 2 N–H and O–H groups in total. The van der Waals surface area contributed by atoms with Gasteiger partial charge < -0.3 is 5.73 Å². The van der Waals surface area contributed by atoms with Gasteiger partial charge in [-0.2, -0.15) is 0 Å². The summed E-state index contributed by atoms with van der Waals surface area (Å²) in [4.78, 5) is 0. The third-order valence-electron chi connectivity index (χ3n) is 2.57. The molecule has 1 aromatic carbocycles. The third kappa shape index (κ3) is 5.19. The average Bonchev–Trinajstić information content (AvgIpc) is 2.19. The second kappa shape index (κ2) is 7.72. The largest absolute Gasteiger partial charge is 0.324 e. The molecule has 0 spiro atoms. The van der Waals surface area contributed by atoms with Gasteiger partial charge in [-0.1, -0.05) is 44.0 Å². The van der Waals surface area contributed by atoms with Gasteiger partial charge in [0, 0.05) is 6.04 Å². The molecular formula is C13H22ClN. The van der Waals surface area contributed by atoms with Gasteiger partial charge in [0.05, 0.1) is 0 Å². The van der Waals surface area contributed by atoms with E-state index in [9.17, 15) is 0 Å². The molecule has 1 unspecified atom stereocenters. The molecule has 0 radical (unpaired) electrons. The quantitative estimate of drug-likeness (QED) is 0.760. The zero-order valence-electron chi connectivity index (χ0n) is 9.70. The number of aryl methyl sites for hydroxylation is 1. The summed E-state index contributed by atoms with van der Waals surface area (Å²) in [5, 5.41) is 0. The Kier molecular flexibility index (Phi) is 7.45. The Bertz CT molecular complexity index is 254. The van der Waals surface area contributed by atoms with Crippen LogP contribution in [0, 0.1) is 0 Å². The molecule has 86 valence electrons. The van der Waals surface area contributed by atoms with Crippen LogP contribution < -0.4 is 5.73 Å². The van der Waals surface area contributed by atoms with Gasteiger partial charge in [-0.05, 0) is 30.9 Å². The van der Waals surface area contributed by atoms with Crippen LogP contribution in [0.4, 0.5) is 0 Å². The average molecular weight is 228 g/mol. The molecule has 0 heterocycles. The molecule has 15 heavy (non-hydrogen) atoms. The molecule has 0 aliphatic carbocycles. The highest BCUT2D eigenvalue weighted by Gasteiger charge is 1.98. The van der Waals surface area contributed by atoms with Crippen molar-refractivity contribution in [1.29, 1.82) is 0 Å². The summed E-state index contributed by atoms with van der Waals surface area (Å²) in [5.74, 6) is 0. The molecule has 1 aromatic rings. The fourth-order valence-corrected chi connectivity index (χ4v) is 1.57. The van der Waals surface area contributed by atoms with Crippen LogP contribution in [-0.4, -0.2) is 0 Å². The number of hydrogen-bond donors (Lipinski definition) is 1. The highest BCUT2D eigenvalue weighted by Crippen LogP contribution is 2.12. The highest BCUT2D eigenvalue weighted by atomic mass is 35.5. The molecule has 0 saturated carbocycles. The van der Waals surface area contributed by atoms with Crippen molar-refractivity contribution < 1.29 is 0 Å². The number of halogens is 1. The van der Waals surface area contributed by atoms with Crippen molar-refractivity contribution in [3.63, 3.8) is 0 Å². The monoisotopic (exact) mass is 227 g/mol. The Morgan fingerprint density at radius 2 is 1.73 bits per heavy atom. The molecular weight excluding hydrogens is 206 g/mol. The minimum Gasteiger partial charge on any atom is -0.324 e. The Labute approximate surface area is 99.5 Å². The van der Waals surface area contributed by atoms with E-state index in [1.54, 1.807) is 0 Å². The zero-order valence-corrected chi connectivity index (χ0v) is 10.5. The van der Waals surface area contributed by atoms with E-state index in [0.717, 1.165) is 0 Å². The number of hydrogen-bond acceptors (Lipinski definition) is 1. The van der Waals surface area contributed by atoms with Crippen molar-refractivity contribution in [1.82, 2.24) is 0 Å². The lowest BCUT2D eigenvalue weighted by molar-refractivity contribution is 0.716. The molecule has 1 rings (SSSR count). The smallest absolute Gasteiger partial charge is 0.0266 e. The third-order valence-corrected chi connectivity index (χ3v) is 2.57. The molecule has 0 aliphatic rings. The first-order valence-electron chi connectivity index (χ1n) is 5.58. The first-order valence-corrected chi connectivity index (χ1v) is 5.58. The number of benzene rings is 1. The van der Waals surface area contributed by atoms with Crippen LogP contribution in [0.5, 0.6) is 0 Å². The number of nitrogens with two attached hydrogens (primary N) is 1. The van der Waals surface area contributed by atoms with E-state index < -0.39 is 0 Å². The molecule has 0 aliphatic heterocycles. The molecule has 0 aromatic heterocycles. The summed E-state index contributed by atoms with van der Waals surface area (Å²) in [5.41, 5.74) is 8.44. The van der Waals surface area contributed by atoms with Crippen molar-refractivity contribution in [2.45, 2.75) is 45.6 Å². The molecule has 0 amide bonds. The first-order chi connectivity index (χ1) is 6.74. The Balaban J connectivity index is 0.00000196. The second-order valence-electron chi connectivity index (χ2n) is 3.99. The van der Waals surface area contributed by atoms with E-state index >= 15 is 0 Å². The van der Waals surface area contributed by atoms with Crippen molar-refractivity contribution in [3.8, 4) is 0 Å². The van der Waals surface area contributed by atoms with Crippen LogP contribution in [0.2, 0.25) is 0 Å². The predicted octanol–water partition coefficient (Wildman–Crippen LogP) is 3.86. The van der Waals surface area contributed by atoms with Crippen molar-refractivity contribution in [2.24, 2.45) is 5.73 Å². The molecule has 0 saturated heterocycles. The normalized spacial score (nSPS) is 11.9. The van der Waals surface area contributed by atoms with Crippen LogP contribution in [0.25, 0.3) is 0 Å². The molecule has 0 bridgehead atoms. The van der Waals surface area contributed by atoms with E-state index in [1.807, 2.05) is 6.92 Å². The molecule has 0 fully saturated rings. The standard InChI is InChI=1S/C13H21N.ClH/c1-3-4-5-6-12-7-9-13(10-8-12)11(2)14;/h7-11H,3-6,14H2,1-2H3;1H. The Morgan fingerprint density at radius 1 is 1.13 bits per heavy atom. The summed E-state index contributed by atoms with van der Waals surface area (Å²) in [7, 11) is 0. The van der Waals surface area contributed by atoms with Gasteiger partial charge in [0.25, 0.3) is 0 Å². The van der Waals surface area contributed by atoms with E-state index in [0.29, 0.717) is 0 Å². The van der Waals surface area contributed by atoms with Crippen molar-refractivity contribution >= 4 is 12.4 Å². The van der Waals surface area contributed by atoms with Crippen LogP contribution >= 0.6 is 12.4 Å². The fourth-order valence-electron chi connectivity index (χ4n) is 1.57. The van der Waals surface area contributed by atoms with Crippen LogP contribution in [0.15, 0.2) is 24.3 Å². The van der Waals surface area contributed by atoms with Crippen LogP contribution in [-0.2, 0) is 6.42 Å². The van der Waals surface area contributed by atoms with Gasteiger partial charge in [0.1, 0.15) is 0 Å². The summed E-state index contributed by atoms with van der Waals surface area (Å²) in [6.45, 7) is 4.26. The van der Waals surface area contributed by atoms with E-state index in [1.165, 1.54) is 36.8 Å². The molecule has 2 heteroatoms. The number of unbranched alkanes of at least 4 members (excludes halogenated alkanes) is 2. The summed E-state index contributed by atoms with van der Waals surface area (Å²) >= 11 is 0. The van der Waals surface area contributed by atoms with Gasteiger partial charge in [-0.15, -0.1) is 12.4 Å². The lowest BCUT2D eigenvalue weighted by Crippen LogP contribution is -2.04. The van der Waals surface area contributed by atoms with Gasteiger partial charge >= 0.3 is 0 Å². The highest BCUT2D eigenvalue weighted by molar-refractivity contribution is 5.85. The van der Waals surface area contributed by atoms with E-state index in [-0.39, 0.29) is 18.4 Å². The zero-order chi connectivity index (χ0) is 10.4. The topological polar surface area (TPSA) is 26.0 Å². The van der Waals surface area contributed by atoms with Gasteiger partial charge in [-0.25, -0.2) is 0 Å². The summed E-state index contributed by atoms with van der Waals surface area (Å²) < 4.78 is 0. The Hall–Kier alpha value is -0.530. The molecule has 1 nitrogen and oxygen atoms in total. The maximum atomic E-state index is 5.79. The first kappa shape index (κ1) is 14.5. The maximum absolute atomic E-state index is 5.79. The van der Waals surface area contributed by atoms with Crippen LogP contribution in [0.3, 0.4) is 0 Å². The van der Waals surface area contributed by atoms with Crippen LogP contribution in [0.1, 0.15) is 50.3 Å². The minimum atomic E-state index is 0. The van der Waals surface area contributed by atoms with Crippen molar-refractivity contribution in [3.05, 3.63) is 35.4 Å². The van der Waals surface area contributed by atoms with Gasteiger partial charge in [0.15, 0.2) is 0 Å². The minimum absolute atomic E-state index is 0. The SMILES string of the molecule is CCCCCc1ccc(C(C)N)cc1.Cl. The molecule has 1 atom stereocenters. The predicted molar refractivity (Wildman–Crippen MR) is 69.5 cm³/mol. The van der Waals surface area contributed by atoms with E-state index in [4.69, 9.17) is 5.73 Å². The van der Waals surface area contributed by atoms with Crippen molar-refractivity contribution in [2.75, 3.05) is 0 Å². The summed E-state index contributed by atoms with van der Waals surface area (Å²) in [6.07, 6.45) is 5.12. The lowest BCUT2D eigenvalue weighted by atomic mass is 10.0. The van der Waals surface area contributed by atoms with E-state index in [2.05, 4.69) is 31.2 Å². The number of rotatable bonds is 5. The van der Waals surface area contributed by atoms with Gasteiger partial charge in [-0.3, -0.25) is 0 Å². The maximum Gasteiger partial charge on any atom is 0.0266 e. The second-order valence-corrected chi connectivity index (χ2v) is 3.99. The Morgan fingerprint density at radius 3 is 2.20 bits per heavy atom. The van der Waals surface area contributed by atoms with Gasteiger partial charge in [0.2, 0.25) is 0 Å². The lowest BCUT2D eigenvalue weighted by Gasteiger charge is -2.06. The fraction of sp³-hybridized carbons (Fsp3) is 0.538.